The van der Waals surface area contributed by atoms with Crippen LogP contribution in [-0.4, -0.2) is 64.6 Å². The standard InChI is InChI=1S/C17H29N5O2/c1-22(2)16-7-6-14(11-19-16)12-20-17(18-8-10-23-3)21-13-15-5-4-9-24-15/h6-7,11,15H,4-5,8-10,12-13H2,1-3H3,(H2,18,20,21). The number of rotatable bonds is 8. The first-order valence-electron chi connectivity index (χ1n) is 8.44. The van der Waals surface area contributed by atoms with E-state index < -0.39 is 0 Å². The minimum Gasteiger partial charge on any atom is -0.383 e. The molecule has 24 heavy (non-hydrogen) atoms. The Labute approximate surface area is 144 Å². The van der Waals surface area contributed by atoms with Crippen LogP contribution in [0.25, 0.3) is 0 Å². The molecule has 1 fully saturated rings. The summed E-state index contributed by atoms with van der Waals surface area (Å²) in [6, 6.07) is 4.06. The number of hydrogen-bond acceptors (Lipinski definition) is 5. The third-order valence-electron chi connectivity index (χ3n) is 3.81. The first-order valence-corrected chi connectivity index (χ1v) is 8.44. The van der Waals surface area contributed by atoms with Crippen LogP contribution in [0.1, 0.15) is 18.4 Å². The number of nitrogens with zero attached hydrogens (tertiary/aromatic N) is 3. The van der Waals surface area contributed by atoms with Gasteiger partial charge in [-0.3, -0.25) is 0 Å². The fraction of sp³-hybridized carbons (Fsp3) is 0.647. The molecule has 0 spiro atoms. The highest BCUT2D eigenvalue weighted by atomic mass is 16.5. The molecule has 1 aromatic rings. The highest BCUT2D eigenvalue weighted by molar-refractivity contribution is 5.79. The van der Waals surface area contributed by atoms with E-state index in [1.54, 1.807) is 7.11 Å². The first-order chi connectivity index (χ1) is 11.7. The van der Waals surface area contributed by atoms with Gasteiger partial charge in [0.25, 0.3) is 0 Å². The van der Waals surface area contributed by atoms with E-state index in [2.05, 4.69) is 26.7 Å². The number of guanidine groups is 1. The number of ether oxygens (including phenoxy) is 2. The van der Waals surface area contributed by atoms with Crippen molar-refractivity contribution in [1.82, 2.24) is 15.6 Å². The Morgan fingerprint density at radius 3 is 2.92 bits per heavy atom. The van der Waals surface area contributed by atoms with Crippen molar-refractivity contribution in [2.24, 2.45) is 4.99 Å². The third kappa shape index (κ3) is 6.33. The molecule has 0 aliphatic carbocycles. The van der Waals surface area contributed by atoms with Crippen molar-refractivity contribution in [3.8, 4) is 0 Å². The van der Waals surface area contributed by atoms with Gasteiger partial charge in [0.05, 0.1) is 19.3 Å². The van der Waals surface area contributed by atoms with Gasteiger partial charge in [0.15, 0.2) is 5.96 Å². The lowest BCUT2D eigenvalue weighted by Gasteiger charge is -2.15. The zero-order valence-corrected chi connectivity index (χ0v) is 14.9. The van der Waals surface area contributed by atoms with E-state index in [-0.39, 0.29) is 6.10 Å². The normalized spacial score (nSPS) is 17.8. The van der Waals surface area contributed by atoms with Crippen molar-refractivity contribution in [3.63, 3.8) is 0 Å². The molecule has 0 amide bonds. The van der Waals surface area contributed by atoms with Crippen molar-refractivity contribution in [2.75, 3.05) is 52.4 Å². The first kappa shape index (κ1) is 18.5. The van der Waals surface area contributed by atoms with Gasteiger partial charge in [0.2, 0.25) is 0 Å². The molecule has 0 bridgehead atoms. The summed E-state index contributed by atoms with van der Waals surface area (Å²) in [5.41, 5.74) is 1.07. The van der Waals surface area contributed by atoms with Crippen LogP contribution in [0.3, 0.4) is 0 Å². The summed E-state index contributed by atoms with van der Waals surface area (Å²) in [6.45, 7) is 3.57. The van der Waals surface area contributed by atoms with Crippen LogP contribution in [0.15, 0.2) is 23.3 Å². The van der Waals surface area contributed by atoms with E-state index >= 15 is 0 Å². The van der Waals surface area contributed by atoms with E-state index in [4.69, 9.17) is 9.47 Å². The summed E-state index contributed by atoms with van der Waals surface area (Å²) in [4.78, 5) is 11.0. The molecule has 1 aliphatic heterocycles. The maximum absolute atomic E-state index is 5.64. The predicted molar refractivity (Wildman–Crippen MR) is 96.6 cm³/mol. The monoisotopic (exact) mass is 335 g/mol. The van der Waals surface area contributed by atoms with Gasteiger partial charge in [-0.1, -0.05) is 6.07 Å². The van der Waals surface area contributed by atoms with Crippen molar-refractivity contribution < 1.29 is 9.47 Å². The second-order valence-corrected chi connectivity index (χ2v) is 6.02. The summed E-state index contributed by atoms with van der Waals surface area (Å²) in [5.74, 6) is 1.72. The maximum atomic E-state index is 5.64. The molecule has 1 saturated heterocycles. The summed E-state index contributed by atoms with van der Waals surface area (Å²) in [5, 5.41) is 6.62. The van der Waals surface area contributed by atoms with Gasteiger partial charge in [-0.05, 0) is 24.5 Å². The van der Waals surface area contributed by atoms with Crippen molar-refractivity contribution in [1.29, 1.82) is 0 Å². The van der Waals surface area contributed by atoms with Gasteiger partial charge in [0, 0.05) is 47.1 Å². The van der Waals surface area contributed by atoms with Crippen LogP contribution in [0.4, 0.5) is 5.82 Å². The van der Waals surface area contributed by atoms with Gasteiger partial charge >= 0.3 is 0 Å². The zero-order chi connectivity index (χ0) is 17.2. The number of hydrogen-bond donors (Lipinski definition) is 2. The van der Waals surface area contributed by atoms with E-state index in [1.807, 2.05) is 31.3 Å². The minimum atomic E-state index is 0.278. The molecular weight excluding hydrogens is 306 g/mol. The largest absolute Gasteiger partial charge is 0.383 e. The Balaban J connectivity index is 1.89. The Kier molecular flexibility index (Phi) is 7.77. The smallest absolute Gasteiger partial charge is 0.191 e. The second kappa shape index (κ2) is 10.1. The molecule has 1 atom stereocenters. The maximum Gasteiger partial charge on any atom is 0.191 e. The minimum absolute atomic E-state index is 0.278. The molecule has 2 rings (SSSR count). The topological polar surface area (TPSA) is 71.0 Å². The van der Waals surface area contributed by atoms with Crippen LogP contribution in [0, 0.1) is 0 Å². The Hall–Kier alpha value is -1.86. The summed E-state index contributed by atoms with van der Waals surface area (Å²) >= 11 is 0. The van der Waals surface area contributed by atoms with Gasteiger partial charge in [-0.15, -0.1) is 0 Å². The number of aromatic nitrogens is 1. The van der Waals surface area contributed by atoms with Crippen LogP contribution >= 0.6 is 0 Å². The van der Waals surface area contributed by atoms with Gasteiger partial charge in [0.1, 0.15) is 5.82 Å². The Morgan fingerprint density at radius 1 is 1.42 bits per heavy atom. The zero-order valence-electron chi connectivity index (χ0n) is 14.9. The lowest BCUT2D eigenvalue weighted by Crippen LogP contribution is -2.42. The molecule has 0 aromatic carbocycles. The highest BCUT2D eigenvalue weighted by Crippen LogP contribution is 2.11. The molecule has 1 unspecified atom stereocenters. The Bertz CT molecular complexity index is 498. The third-order valence-corrected chi connectivity index (χ3v) is 3.81. The van der Waals surface area contributed by atoms with Crippen LogP contribution in [0.5, 0.6) is 0 Å². The molecule has 0 radical (unpaired) electrons. The second-order valence-electron chi connectivity index (χ2n) is 6.02. The summed E-state index contributed by atoms with van der Waals surface area (Å²) in [7, 11) is 5.65. The molecule has 7 heteroatoms. The van der Waals surface area contributed by atoms with E-state index in [0.29, 0.717) is 19.7 Å². The van der Waals surface area contributed by atoms with Crippen LogP contribution < -0.4 is 15.5 Å². The van der Waals surface area contributed by atoms with Gasteiger partial charge in [-0.2, -0.15) is 0 Å². The average molecular weight is 335 g/mol. The molecule has 2 heterocycles. The fourth-order valence-corrected chi connectivity index (χ4v) is 2.41. The molecule has 2 N–H and O–H groups in total. The van der Waals surface area contributed by atoms with E-state index in [9.17, 15) is 0 Å². The Morgan fingerprint density at radius 2 is 2.29 bits per heavy atom. The average Bonchev–Trinajstić information content (AvgIpc) is 3.11. The number of anilines is 1. The van der Waals surface area contributed by atoms with Crippen molar-refractivity contribution in [3.05, 3.63) is 23.9 Å². The van der Waals surface area contributed by atoms with E-state index in [1.165, 1.54) is 0 Å². The highest BCUT2D eigenvalue weighted by Gasteiger charge is 2.15. The van der Waals surface area contributed by atoms with Gasteiger partial charge < -0.3 is 25.0 Å². The summed E-state index contributed by atoms with van der Waals surface area (Å²) in [6.07, 6.45) is 4.39. The SMILES string of the molecule is COCCNC(=NCc1ccc(N(C)C)nc1)NCC1CCCO1. The quantitative estimate of drug-likeness (QED) is 0.420. The number of nitrogens with one attached hydrogen (secondary N) is 2. The molecular formula is C17H29N5O2. The lowest BCUT2D eigenvalue weighted by molar-refractivity contribution is 0.113. The molecule has 0 saturated carbocycles. The van der Waals surface area contributed by atoms with Crippen LogP contribution in [-0.2, 0) is 16.0 Å². The summed E-state index contributed by atoms with van der Waals surface area (Å²) < 4.78 is 10.7. The molecule has 7 nitrogen and oxygen atoms in total. The molecule has 1 aliphatic rings. The number of methoxy groups -OCH3 is 1. The van der Waals surface area contributed by atoms with Crippen molar-refractivity contribution in [2.45, 2.75) is 25.5 Å². The van der Waals surface area contributed by atoms with Crippen LogP contribution in [0.2, 0.25) is 0 Å². The molecule has 1 aromatic heterocycles. The van der Waals surface area contributed by atoms with E-state index in [0.717, 1.165) is 43.3 Å². The number of pyridine rings is 1. The van der Waals surface area contributed by atoms with Crippen molar-refractivity contribution >= 4 is 11.8 Å². The fourth-order valence-electron chi connectivity index (χ4n) is 2.41. The lowest BCUT2D eigenvalue weighted by atomic mass is 10.2. The van der Waals surface area contributed by atoms with Gasteiger partial charge in [-0.25, -0.2) is 9.98 Å². The number of aliphatic imine (C=N–C) groups is 1. The predicted octanol–water partition coefficient (Wildman–Crippen LogP) is 1.01. The molecule has 134 valence electrons.